The minimum Gasteiger partial charge on any atom is -0.494 e. The average Bonchev–Trinajstić information content (AvgIpc) is 3.07. The van der Waals surface area contributed by atoms with Crippen molar-refractivity contribution in [2.75, 3.05) is 18.2 Å². The topological polar surface area (TPSA) is 95.1 Å². The van der Waals surface area contributed by atoms with Crippen LogP contribution in [0, 0.1) is 0 Å². The zero-order valence-corrected chi connectivity index (χ0v) is 16.8. The summed E-state index contributed by atoms with van der Waals surface area (Å²) in [5.74, 6) is 7.41. The Hall–Kier alpha value is -2.71. The molecule has 0 saturated heterocycles. The average molecular weight is 418 g/mol. The number of aromatic nitrogens is 3. The van der Waals surface area contributed by atoms with E-state index >= 15 is 0 Å². The first-order valence-electron chi connectivity index (χ1n) is 8.65. The molecule has 3 N–H and O–H groups in total. The number of carbonyl (C=O) groups excluding carboxylic acids is 1. The maximum atomic E-state index is 12.1. The van der Waals surface area contributed by atoms with Gasteiger partial charge in [-0.25, -0.2) is 4.68 Å². The van der Waals surface area contributed by atoms with E-state index in [0.717, 1.165) is 16.9 Å². The SMILES string of the molecule is CCOc1ccc(-c2nnc(SCC(=O)NCc3ccccc3Cl)n2N)cc1. The summed E-state index contributed by atoms with van der Waals surface area (Å²) < 4.78 is 6.81. The quantitative estimate of drug-likeness (QED) is 0.432. The Morgan fingerprint density at radius 2 is 1.96 bits per heavy atom. The number of nitrogen functional groups attached to an aromatic ring is 1. The van der Waals surface area contributed by atoms with Gasteiger partial charge in [-0.2, -0.15) is 0 Å². The van der Waals surface area contributed by atoms with Crippen LogP contribution >= 0.6 is 23.4 Å². The normalized spacial score (nSPS) is 10.6. The van der Waals surface area contributed by atoms with Crippen molar-refractivity contribution in [3.63, 3.8) is 0 Å². The van der Waals surface area contributed by atoms with E-state index in [1.54, 1.807) is 6.07 Å². The second-order valence-corrected chi connectivity index (χ2v) is 7.14. The number of amides is 1. The van der Waals surface area contributed by atoms with Gasteiger partial charge in [-0.1, -0.05) is 41.6 Å². The molecule has 146 valence electrons. The van der Waals surface area contributed by atoms with Crippen molar-refractivity contribution in [3.8, 4) is 17.1 Å². The summed E-state index contributed by atoms with van der Waals surface area (Å²) in [5.41, 5.74) is 1.68. The van der Waals surface area contributed by atoms with Crippen molar-refractivity contribution < 1.29 is 9.53 Å². The summed E-state index contributed by atoms with van der Waals surface area (Å²) in [4.78, 5) is 12.1. The van der Waals surface area contributed by atoms with Crippen molar-refractivity contribution in [1.82, 2.24) is 20.2 Å². The fourth-order valence-electron chi connectivity index (χ4n) is 2.46. The molecule has 0 bridgehead atoms. The van der Waals surface area contributed by atoms with Crippen molar-refractivity contribution >= 4 is 29.3 Å². The largest absolute Gasteiger partial charge is 0.494 e. The molecule has 0 aliphatic carbocycles. The number of benzene rings is 2. The molecule has 28 heavy (non-hydrogen) atoms. The van der Waals surface area contributed by atoms with E-state index in [2.05, 4.69) is 15.5 Å². The van der Waals surface area contributed by atoms with Crippen molar-refractivity contribution in [3.05, 3.63) is 59.1 Å². The highest BCUT2D eigenvalue weighted by atomic mass is 35.5. The van der Waals surface area contributed by atoms with Crippen LogP contribution in [0.1, 0.15) is 12.5 Å². The van der Waals surface area contributed by atoms with E-state index in [0.29, 0.717) is 29.2 Å². The van der Waals surface area contributed by atoms with Crippen molar-refractivity contribution in [2.24, 2.45) is 0 Å². The molecule has 0 spiro atoms. The van der Waals surface area contributed by atoms with Gasteiger partial charge in [0.05, 0.1) is 12.4 Å². The summed E-state index contributed by atoms with van der Waals surface area (Å²) in [5, 5.41) is 12.1. The van der Waals surface area contributed by atoms with Crippen molar-refractivity contribution in [2.45, 2.75) is 18.6 Å². The van der Waals surface area contributed by atoms with Gasteiger partial charge in [-0.3, -0.25) is 4.79 Å². The molecular formula is C19H20ClN5O2S. The van der Waals surface area contributed by atoms with Gasteiger partial charge in [0.25, 0.3) is 0 Å². The van der Waals surface area contributed by atoms with Gasteiger partial charge >= 0.3 is 0 Å². The molecule has 3 rings (SSSR count). The Morgan fingerprint density at radius 3 is 2.68 bits per heavy atom. The molecule has 3 aromatic rings. The molecule has 0 fully saturated rings. The van der Waals surface area contributed by atoms with E-state index in [-0.39, 0.29) is 11.7 Å². The first-order chi connectivity index (χ1) is 13.6. The number of nitrogens with zero attached hydrogens (tertiary/aromatic N) is 3. The van der Waals surface area contributed by atoms with Crippen LogP contribution in [0.25, 0.3) is 11.4 Å². The number of hydrogen-bond acceptors (Lipinski definition) is 6. The summed E-state index contributed by atoms with van der Waals surface area (Å²) in [6, 6.07) is 14.8. The van der Waals surface area contributed by atoms with Crippen LogP contribution in [0.5, 0.6) is 5.75 Å². The maximum absolute atomic E-state index is 12.1. The number of halogens is 1. The Kier molecular flexibility index (Phi) is 6.78. The minimum absolute atomic E-state index is 0.143. The lowest BCUT2D eigenvalue weighted by Crippen LogP contribution is -2.25. The zero-order valence-electron chi connectivity index (χ0n) is 15.3. The van der Waals surface area contributed by atoms with Gasteiger partial charge < -0.3 is 15.9 Å². The highest BCUT2D eigenvalue weighted by molar-refractivity contribution is 7.99. The Balaban J connectivity index is 1.56. The van der Waals surface area contributed by atoms with Gasteiger partial charge in [-0.05, 0) is 42.8 Å². The number of nitrogens with one attached hydrogen (secondary N) is 1. The van der Waals surface area contributed by atoms with E-state index in [1.165, 1.54) is 16.4 Å². The molecule has 7 nitrogen and oxygen atoms in total. The Morgan fingerprint density at radius 1 is 1.21 bits per heavy atom. The molecular weight excluding hydrogens is 398 g/mol. The van der Waals surface area contributed by atoms with Gasteiger partial charge in [0.2, 0.25) is 11.1 Å². The monoisotopic (exact) mass is 417 g/mol. The molecule has 1 aromatic heterocycles. The van der Waals surface area contributed by atoms with Crippen LogP contribution in [0.2, 0.25) is 5.02 Å². The highest BCUT2D eigenvalue weighted by Crippen LogP contribution is 2.23. The number of ether oxygens (including phenoxy) is 1. The third-order valence-electron chi connectivity index (χ3n) is 3.85. The fourth-order valence-corrected chi connectivity index (χ4v) is 3.34. The molecule has 0 radical (unpaired) electrons. The summed E-state index contributed by atoms with van der Waals surface area (Å²) >= 11 is 7.30. The Labute approximate surface area is 172 Å². The number of nitrogens with two attached hydrogens (primary N) is 1. The lowest BCUT2D eigenvalue weighted by molar-refractivity contribution is -0.118. The van der Waals surface area contributed by atoms with E-state index in [9.17, 15) is 4.79 Å². The van der Waals surface area contributed by atoms with Gasteiger partial charge in [-0.15, -0.1) is 10.2 Å². The predicted octanol–water partition coefficient (Wildman–Crippen LogP) is 3.12. The first kappa shape index (κ1) is 20.0. The molecule has 0 unspecified atom stereocenters. The van der Waals surface area contributed by atoms with Crippen molar-refractivity contribution in [1.29, 1.82) is 0 Å². The van der Waals surface area contributed by atoms with Crippen LogP contribution in [0.15, 0.2) is 53.7 Å². The molecule has 0 atom stereocenters. The van der Waals surface area contributed by atoms with E-state index in [4.69, 9.17) is 22.2 Å². The van der Waals surface area contributed by atoms with Gasteiger partial charge in [0, 0.05) is 17.1 Å². The zero-order chi connectivity index (χ0) is 19.9. The third kappa shape index (κ3) is 4.96. The fraction of sp³-hybridized carbons (Fsp3) is 0.211. The van der Waals surface area contributed by atoms with Crippen LogP contribution in [0.4, 0.5) is 0 Å². The Bertz CT molecular complexity index is 946. The van der Waals surface area contributed by atoms with E-state index in [1.807, 2.05) is 49.4 Å². The van der Waals surface area contributed by atoms with Crippen LogP contribution in [-0.2, 0) is 11.3 Å². The van der Waals surface area contributed by atoms with Crippen LogP contribution in [-0.4, -0.2) is 33.1 Å². The van der Waals surface area contributed by atoms with E-state index < -0.39 is 0 Å². The van der Waals surface area contributed by atoms with Crippen LogP contribution < -0.4 is 15.9 Å². The third-order valence-corrected chi connectivity index (χ3v) is 5.17. The lowest BCUT2D eigenvalue weighted by atomic mass is 10.2. The molecule has 9 heteroatoms. The summed E-state index contributed by atoms with van der Waals surface area (Å²) in [7, 11) is 0. The first-order valence-corrected chi connectivity index (χ1v) is 10.0. The molecule has 0 aliphatic rings. The molecule has 0 saturated carbocycles. The van der Waals surface area contributed by atoms with Crippen LogP contribution in [0.3, 0.4) is 0 Å². The van der Waals surface area contributed by atoms with Gasteiger partial charge in [0.15, 0.2) is 5.82 Å². The molecule has 0 aliphatic heterocycles. The minimum atomic E-state index is -0.143. The summed E-state index contributed by atoms with van der Waals surface area (Å²) in [6.45, 7) is 2.90. The lowest BCUT2D eigenvalue weighted by Gasteiger charge is -2.07. The van der Waals surface area contributed by atoms with Gasteiger partial charge in [0.1, 0.15) is 5.75 Å². The molecule has 1 amide bonds. The molecule has 1 heterocycles. The second-order valence-electron chi connectivity index (χ2n) is 5.79. The molecule has 2 aromatic carbocycles. The predicted molar refractivity (Wildman–Crippen MR) is 111 cm³/mol. The highest BCUT2D eigenvalue weighted by Gasteiger charge is 2.14. The number of carbonyl (C=O) groups is 1. The second kappa shape index (κ2) is 9.48. The number of hydrogen-bond donors (Lipinski definition) is 2. The summed E-state index contributed by atoms with van der Waals surface area (Å²) in [6.07, 6.45) is 0. The number of rotatable bonds is 8. The number of thioether (sulfide) groups is 1. The standard InChI is InChI=1S/C19H20ClN5O2S/c1-2-27-15-9-7-13(8-10-15)18-23-24-19(25(18)21)28-12-17(26)22-11-14-5-3-4-6-16(14)20/h3-10H,2,11-12,21H2,1H3,(H,22,26). The smallest absolute Gasteiger partial charge is 0.230 e. The maximum Gasteiger partial charge on any atom is 0.230 e.